The fourth-order valence-electron chi connectivity index (χ4n) is 1.29. The first kappa shape index (κ1) is 15.6. The largest absolute Gasteiger partial charge is 0.398 e. The van der Waals surface area contributed by atoms with E-state index in [-0.39, 0.29) is 5.91 Å². The van der Waals surface area contributed by atoms with Crippen molar-refractivity contribution in [3.63, 3.8) is 0 Å². The van der Waals surface area contributed by atoms with Crippen molar-refractivity contribution in [3.05, 3.63) is 35.9 Å². The maximum atomic E-state index is 12.2. The number of carbonyl (C=O) groups excluding carboxylic acids is 1. The van der Waals surface area contributed by atoms with E-state index < -0.39 is 11.9 Å². The minimum absolute atomic E-state index is 0.347. The number of rotatable bonds is 4. The monoisotopic (exact) mass is 289 g/mol. The highest BCUT2D eigenvalue weighted by atomic mass is 32.2. The van der Waals surface area contributed by atoms with Crippen LogP contribution in [0.3, 0.4) is 0 Å². The summed E-state index contributed by atoms with van der Waals surface area (Å²) in [6.07, 6.45) is -2.84. The third kappa shape index (κ3) is 6.33. The number of halogens is 3. The number of nitrogens with one attached hydrogen (secondary N) is 1. The molecule has 6 heteroatoms. The van der Waals surface area contributed by atoms with Crippen molar-refractivity contribution in [2.45, 2.75) is 24.9 Å². The Balaban J connectivity index is 2.79. The molecule has 0 aliphatic heterocycles. The first-order valence-corrected chi connectivity index (χ1v) is 6.51. The first-order valence-electron chi connectivity index (χ1n) is 5.52. The minimum Gasteiger partial charge on any atom is -0.321 e. The van der Waals surface area contributed by atoms with Crippen LogP contribution in [0.2, 0.25) is 0 Å². The van der Waals surface area contributed by atoms with E-state index in [1.165, 1.54) is 6.08 Å². The van der Waals surface area contributed by atoms with E-state index in [0.717, 1.165) is 5.57 Å². The Kier molecular flexibility index (Phi) is 5.47. The summed E-state index contributed by atoms with van der Waals surface area (Å²) < 4.78 is 36.6. The molecule has 0 atom stereocenters. The Morgan fingerprint density at radius 1 is 1.32 bits per heavy atom. The molecule has 0 radical (unpaired) electrons. The number of amides is 1. The predicted molar refractivity (Wildman–Crippen MR) is 71.3 cm³/mol. The quantitative estimate of drug-likeness (QED) is 0.663. The van der Waals surface area contributed by atoms with Crippen molar-refractivity contribution < 1.29 is 18.0 Å². The standard InChI is InChI=1S/C13H14F3NOS/c1-9(2)7-12(18)17-10-5-3-4-6-11(10)19-8-13(14,15)16/h3-7H,8H2,1-2H3,(H,17,18). The van der Waals surface area contributed by atoms with Gasteiger partial charge >= 0.3 is 6.18 Å². The van der Waals surface area contributed by atoms with E-state index in [9.17, 15) is 18.0 Å². The number of hydrogen-bond donors (Lipinski definition) is 1. The molecule has 0 aromatic heterocycles. The molecule has 0 unspecified atom stereocenters. The average molecular weight is 289 g/mol. The van der Waals surface area contributed by atoms with Gasteiger partial charge < -0.3 is 5.32 Å². The van der Waals surface area contributed by atoms with E-state index in [2.05, 4.69) is 5.32 Å². The third-order valence-electron chi connectivity index (χ3n) is 1.96. The second-order valence-corrected chi connectivity index (χ2v) is 5.13. The number of hydrogen-bond acceptors (Lipinski definition) is 2. The lowest BCUT2D eigenvalue weighted by Gasteiger charge is -2.11. The molecule has 0 spiro atoms. The molecule has 1 aromatic carbocycles. The van der Waals surface area contributed by atoms with Gasteiger partial charge in [-0.05, 0) is 26.0 Å². The van der Waals surface area contributed by atoms with Crippen molar-refractivity contribution in [1.82, 2.24) is 0 Å². The SMILES string of the molecule is CC(C)=CC(=O)Nc1ccccc1SCC(F)(F)F. The van der Waals surface area contributed by atoms with Crippen LogP contribution in [0, 0.1) is 0 Å². The van der Waals surface area contributed by atoms with Gasteiger partial charge in [-0.2, -0.15) is 13.2 Å². The molecule has 0 bridgehead atoms. The van der Waals surface area contributed by atoms with Gasteiger partial charge in [-0.25, -0.2) is 0 Å². The van der Waals surface area contributed by atoms with Crippen molar-refractivity contribution >= 4 is 23.4 Å². The number of alkyl halides is 3. The highest BCUT2D eigenvalue weighted by Crippen LogP contribution is 2.32. The van der Waals surface area contributed by atoms with E-state index >= 15 is 0 Å². The second kappa shape index (κ2) is 6.65. The van der Waals surface area contributed by atoms with Gasteiger partial charge in [-0.3, -0.25) is 4.79 Å². The number of carbonyl (C=O) groups is 1. The van der Waals surface area contributed by atoms with Gasteiger partial charge in [0.25, 0.3) is 0 Å². The van der Waals surface area contributed by atoms with Crippen LogP contribution >= 0.6 is 11.8 Å². The van der Waals surface area contributed by atoms with Gasteiger partial charge in [-0.15, -0.1) is 11.8 Å². The van der Waals surface area contributed by atoms with Crippen LogP contribution in [0.4, 0.5) is 18.9 Å². The van der Waals surface area contributed by atoms with E-state index in [1.54, 1.807) is 38.1 Å². The highest BCUT2D eigenvalue weighted by Gasteiger charge is 2.27. The molecule has 0 heterocycles. The van der Waals surface area contributed by atoms with E-state index in [0.29, 0.717) is 22.3 Å². The Labute approximate surface area is 114 Å². The Hall–Kier alpha value is -1.43. The molecule has 1 rings (SSSR count). The summed E-state index contributed by atoms with van der Waals surface area (Å²) in [6, 6.07) is 6.43. The van der Waals surface area contributed by atoms with Crippen LogP contribution in [0.25, 0.3) is 0 Å². The minimum atomic E-state index is -4.23. The molecule has 0 aliphatic rings. The molecule has 1 N–H and O–H groups in total. The van der Waals surface area contributed by atoms with Crippen molar-refractivity contribution in [1.29, 1.82) is 0 Å². The van der Waals surface area contributed by atoms with Crippen LogP contribution in [-0.2, 0) is 4.79 Å². The summed E-state index contributed by atoms with van der Waals surface area (Å²) in [5.41, 5.74) is 1.21. The maximum Gasteiger partial charge on any atom is 0.398 e. The number of allylic oxidation sites excluding steroid dienone is 1. The smallest absolute Gasteiger partial charge is 0.321 e. The molecule has 0 saturated heterocycles. The zero-order chi connectivity index (χ0) is 14.5. The number of thioether (sulfide) groups is 1. The molecule has 1 aromatic rings. The fraction of sp³-hybridized carbons (Fsp3) is 0.308. The zero-order valence-corrected chi connectivity index (χ0v) is 11.4. The van der Waals surface area contributed by atoms with Crippen molar-refractivity contribution in [3.8, 4) is 0 Å². The maximum absolute atomic E-state index is 12.2. The normalized spacial score (nSPS) is 11.0. The van der Waals surface area contributed by atoms with Crippen molar-refractivity contribution in [2.75, 3.05) is 11.1 Å². The molecule has 1 amide bonds. The van der Waals surface area contributed by atoms with E-state index in [4.69, 9.17) is 0 Å². The van der Waals surface area contributed by atoms with Crippen LogP contribution in [0.5, 0.6) is 0 Å². The summed E-state index contributed by atoms with van der Waals surface area (Å²) in [5, 5.41) is 2.57. The number of para-hydroxylation sites is 1. The van der Waals surface area contributed by atoms with Gasteiger partial charge in [0.1, 0.15) is 0 Å². The lowest BCUT2D eigenvalue weighted by Crippen LogP contribution is -2.12. The summed E-state index contributed by atoms with van der Waals surface area (Å²) >= 11 is 0.654. The van der Waals surface area contributed by atoms with Crippen LogP contribution in [0.15, 0.2) is 40.8 Å². The first-order chi connectivity index (χ1) is 8.78. The Morgan fingerprint density at radius 3 is 2.53 bits per heavy atom. The molecule has 0 fully saturated rings. The van der Waals surface area contributed by atoms with Crippen LogP contribution in [0.1, 0.15) is 13.8 Å². The third-order valence-corrected chi connectivity index (χ3v) is 3.09. The fourth-order valence-corrected chi connectivity index (χ4v) is 2.05. The Bertz CT molecular complexity index is 479. The molecule has 0 aliphatic carbocycles. The predicted octanol–water partition coefficient (Wildman–Crippen LogP) is 4.25. The lowest BCUT2D eigenvalue weighted by molar-refractivity contribution is -0.112. The molecule has 19 heavy (non-hydrogen) atoms. The van der Waals surface area contributed by atoms with Crippen molar-refractivity contribution in [2.24, 2.45) is 0 Å². The molecular formula is C13H14F3NOS. The topological polar surface area (TPSA) is 29.1 Å². The molecular weight excluding hydrogens is 275 g/mol. The molecule has 104 valence electrons. The van der Waals surface area contributed by atoms with Gasteiger partial charge in [0, 0.05) is 11.0 Å². The lowest BCUT2D eigenvalue weighted by atomic mass is 10.3. The Morgan fingerprint density at radius 2 is 1.95 bits per heavy atom. The highest BCUT2D eigenvalue weighted by molar-refractivity contribution is 7.99. The summed E-state index contributed by atoms with van der Waals surface area (Å²) in [4.78, 5) is 12.0. The summed E-state index contributed by atoms with van der Waals surface area (Å²) in [7, 11) is 0. The summed E-state index contributed by atoms with van der Waals surface area (Å²) in [6.45, 7) is 3.54. The average Bonchev–Trinajstić information content (AvgIpc) is 2.25. The van der Waals surface area contributed by atoms with E-state index in [1.807, 2.05) is 0 Å². The molecule has 2 nitrogen and oxygen atoms in total. The summed E-state index contributed by atoms with van der Waals surface area (Å²) in [5.74, 6) is -1.33. The number of anilines is 1. The zero-order valence-electron chi connectivity index (χ0n) is 10.5. The van der Waals surface area contributed by atoms with Gasteiger partial charge in [-0.1, -0.05) is 17.7 Å². The molecule has 0 saturated carbocycles. The van der Waals surface area contributed by atoms with Gasteiger partial charge in [0.05, 0.1) is 11.4 Å². The van der Waals surface area contributed by atoms with Gasteiger partial charge in [0.15, 0.2) is 0 Å². The van der Waals surface area contributed by atoms with Crippen LogP contribution < -0.4 is 5.32 Å². The number of benzene rings is 1. The second-order valence-electron chi connectivity index (χ2n) is 4.11. The van der Waals surface area contributed by atoms with Crippen LogP contribution in [-0.4, -0.2) is 17.8 Å². The van der Waals surface area contributed by atoms with Gasteiger partial charge in [0.2, 0.25) is 5.91 Å².